The third-order valence-electron chi connectivity index (χ3n) is 7.62. The molecule has 3 rings (SSSR count). The van der Waals surface area contributed by atoms with E-state index < -0.39 is 48.8 Å². The number of aliphatic hydroxyl groups is 3. The Morgan fingerprint density at radius 2 is 1.69 bits per heavy atom. The first-order chi connectivity index (χ1) is 22.6. The summed E-state index contributed by atoms with van der Waals surface area (Å²) in [6, 6.07) is 7.36. The monoisotopic (exact) mass is 712 g/mol. The molecule has 2 aromatic rings. The zero-order valence-electron chi connectivity index (χ0n) is 27.9. The van der Waals surface area contributed by atoms with Gasteiger partial charge in [0.2, 0.25) is 5.91 Å². The third-order valence-corrected chi connectivity index (χ3v) is 8.36. The average molecular weight is 714 g/mol. The molecule has 0 saturated carbocycles. The zero-order chi connectivity index (χ0) is 35.6. The summed E-state index contributed by atoms with van der Waals surface area (Å²) in [4.78, 5) is 37.5. The number of carbonyl (C=O) groups excluding carboxylic acids is 3. The molecule has 266 valence electrons. The minimum absolute atomic E-state index is 0.0652. The smallest absolute Gasteiger partial charge is 0.306 e. The van der Waals surface area contributed by atoms with Crippen molar-refractivity contribution in [2.45, 2.75) is 109 Å². The molecular weight excluding hydrogens is 667 g/mol. The Morgan fingerprint density at radius 3 is 2.33 bits per heavy atom. The Labute approximate surface area is 291 Å². The highest BCUT2D eigenvalue weighted by atomic mass is 35.5. The molecule has 1 fully saturated rings. The molecule has 12 nitrogen and oxygen atoms in total. The number of benzene rings is 2. The van der Waals surface area contributed by atoms with Crippen LogP contribution in [0.15, 0.2) is 30.3 Å². The number of methoxy groups -OCH3 is 1. The minimum atomic E-state index is -1.48. The second-order valence-corrected chi connectivity index (χ2v) is 13.4. The molecule has 5 atom stereocenters. The van der Waals surface area contributed by atoms with Gasteiger partial charge in [-0.2, -0.15) is 0 Å². The van der Waals surface area contributed by atoms with Crippen LogP contribution in [0.25, 0.3) is 0 Å². The van der Waals surface area contributed by atoms with Gasteiger partial charge in [-0.05, 0) is 69.9 Å². The van der Waals surface area contributed by atoms with Gasteiger partial charge in [0, 0.05) is 31.2 Å². The summed E-state index contributed by atoms with van der Waals surface area (Å²) in [5.74, 6) is -0.831. The molecule has 1 aliphatic heterocycles. The fourth-order valence-corrected chi connectivity index (χ4v) is 5.71. The highest BCUT2D eigenvalue weighted by Crippen LogP contribution is 2.38. The molecule has 14 heteroatoms. The number of esters is 1. The van der Waals surface area contributed by atoms with Crippen molar-refractivity contribution in [1.29, 1.82) is 0 Å². The first-order valence-electron chi connectivity index (χ1n) is 15.8. The number of carbonyl (C=O) groups is 3. The van der Waals surface area contributed by atoms with Gasteiger partial charge < -0.3 is 44.9 Å². The standard InChI is InChI=1S/C34H46Cl2N2O10/c1-19-22(32(44)38-28-30(43)29(42)24(17-39)47-33(28)45-5)16-23(35)31(27(19)36)46-18-20-11-10-12-21(15-20)37-25(40)13-8-6-7-9-14-26(41)48-34(2,3)4/h10-12,15-16,24,28-30,33,39,42-43H,6-9,13-14,17-18H2,1-5H3,(H,37,40)(H,38,44)/t24-,28-,29-,30-,33+/m1/s1. The van der Waals surface area contributed by atoms with E-state index in [-0.39, 0.29) is 39.8 Å². The molecule has 0 aliphatic carbocycles. The van der Waals surface area contributed by atoms with Crippen molar-refractivity contribution < 1.29 is 48.7 Å². The lowest BCUT2D eigenvalue weighted by molar-refractivity contribution is -0.261. The molecule has 0 radical (unpaired) electrons. The Morgan fingerprint density at radius 1 is 1.00 bits per heavy atom. The molecule has 1 heterocycles. The summed E-state index contributed by atoms with van der Waals surface area (Å²) in [6.07, 6.45) is -1.39. The molecule has 48 heavy (non-hydrogen) atoms. The molecule has 2 aromatic carbocycles. The number of hydrogen-bond acceptors (Lipinski definition) is 10. The van der Waals surface area contributed by atoms with Gasteiger partial charge in [-0.3, -0.25) is 14.4 Å². The van der Waals surface area contributed by atoms with Crippen LogP contribution in [0.5, 0.6) is 5.75 Å². The SMILES string of the molecule is CO[C@H]1O[C@H](CO)[C@@H](O)[C@H](O)[C@H]1NC(=O)c1cc(Cl)c(OCc2cccc(NC(=O)CCCCCCC(=O)OC(C)(C)C)c2)c(Cl)c1C. The van der Waals surface area contributed by atoms with E-state index in [0.717, 1.165) is 18.4 Å². The van der Waals surface area contributed by atoms with Crippen LogP contribution in [0.1, 0.15) is 80.8 Å². The molecule has 0 bridgehead atoms. The van der Waals surface area contributed by atoms with Gasteiger partial charge >= 0.3 is 5.97 Å². The number of nitrogens with one attached hydrogen (secondary N) is 2. The second kappa shape index (κ2) is 18.1. The van der Waals surface area contributed by atoms with E-state index in [9.17, 15) is 29.7 Å². The van der Waals surface area contributed by atoms with E-state index in [0.29, 0.717) is 36.9 Å². The normalized spacial score (nSPS) is 21.0. The van der Waals surface area contributed by atoms with Crippen LogP contribution in [-0.2, 0) is 30.4 Å². The van der Waals surface area contributed by atoms with Crippen molar-refractivity contribution in [3.8, 4) is 5.75 Å². The van der Waals surface area contributed by atoms with Crippen LogP contribution in [-0.4, -0.2) is 83.1 Å². The van der Waals surface area contributed by atoms with Crippen molar-refractivity contribution >= 4 is 46.7 Å². The van der Waals surface area contributed by atoms with Crippen molar-refractivity contribution in [2.24, 2.45) is 0 Å². The summed E-state index contributed by atoms with van der Waals surface area (Å²) in [5, 5.41) is 35.9. The Bertz CT molecular complexity index is 1420. The lowest BCUT2D eigenvalue weighted by atomic mass is 9.96. The number of rotatable bonds is 15. The minimum Gasteiger partial charge on any atom is -0.486 e. The highest BCUT2D eigenvalue weighted by Gasteiger charge is 2.45. The topological polar surface area (TPSA) is 173 Å². The van der Waals surface area contributed by atoms with Gasteiger partial charge in [-0.25, -0.2) is 0 Å². The quantitative estimate of drug-likeness (QED) is 0.129. The number of unbranched alkanes of at least 4 members (excludes halogenated alkanes) is 3. The summed E-state index contributed by atoms with van der Waals surface area (Å²) in [7, 11) is 1.30. The van der Waals surface area contributed by atoms with Gasteiger partial charge in [0.05, 0.1) is 16.7 Å². The van der Waals surface area contributed by atoms with Gasteiger partial charge in [0.25, 0.3) is 5.91 Å². The molecule has 1 saturated heterocycles. The molecule has 0 spiro atoms. The average Bonchev–Trinajstić information content (AvgIpc) is 3.02. The number of hydrogen-bond donors (Lipinski definition) is 5. The highest BCUT2D eigenvalue weighted by molar-refractivity contribution is 6.38. The van der Waals surface area contributed by atoms with E-state index in [1.54, 1.807) is 25.1 Å². The zero-order valence-corrected chi connectivity index (χ0v) is 29.4. The van der Waals surface area contributed by atoms with Crippen LogP contribution in [0.3, 0.4) is 0 Å². The van der Waals surface area contributed by atoms with Crippen LogP contribution >= 0.6 is 23.2 Å². The lowest BCUT2D eigenvalue weighted by Gasteiger charge is -2.41. The summed E-state index contributed by atoms with van der Waals surface area (Å²) in [5.41, 5.74) is 1.30. The Kier molecular flexibility index (Phi) is 14.9. The largest absolute Gasteiger partial charge is 0.486 e. The van der Waals surface area contributed by atoms with Crippen LogP contribution in [0.2, 0.25) is 10.0 Å². The van der Waals surface area contributed by atoms with E-state index in [1.165, 1.54) is 13.2 Å². The molecule has 2 amide bonds. The van der Waals surface area contributed by atoms with Crippen molar-refractivity contribution in [3.05, 3.63) is 57.1 Å². The fourth-order valence-electron chi connectivity index (χ4n) is 5.15. The molecule has 1 aliphatic rings. The molecule has 0 aromatic heterocycles. The lowest BCUT2D eigenvalue weighted by Crippen LogP contribution is -2.64. The molecule has 0 unspecified atom stereocenters. The van der Waals surface area contributed by atoms with E-state index in [2.05, 4.69) is 10.6 Å². The van der Waals surface area contributed by atoms with E-state index in [4.69, 9.17) is 42.1 Å². The maximum Gasteiger partial charge on any atom is 0.306 e. The number of amides is 2. The van der Waals surface area contributed by atoms with Gasteiger partial charge in [0.1, 0.15) is 36.6 Å². The first kappa shape index (κ1) is 39.5. The van der Waals surface area contributed by atoms with Crippen molar-refractivity contribution in [1.82, 2.24) is 5.32 Å². The predicted octanol–water partition coefficient (Wildman–Crippen LogP) is 4.69. The number of ether oxygens (including phenoxy) is 4. The Balaban J connectivity index is 1.53. The van der Waals surface area contributed by atoms with Gasteiger partial charge in [0.15, 0.2) is 12.0 Å². The molecular formula is C34H46Cl2N2O10. The van der Waals surface area contributed by atoms with Crippen LogP contribution < -0.4 is 15.4 Å². The third kappa shape index (κ3) is 11.3. The van der Waals surface area contributed by atoms with E-state index >= 15 is 0 Å². The maximum absolute atomic E-state index is 13.2. The fraction of sp³-hybridized carbons (Fsp3) is 0.559. The van der Waals surface area contributed by atoms with E-state index in [1.807, 2.05) is 26.8 Å². The number of anilines is 1. The van der Waals surface area contributed by atoms with Crippen LogP contribution in [0.4, 0.5) is 5.69 Å². The Hall–Kier alpha value is -2.97. The first-order valence-corrected chi connectivity index (χ1v) is 16.6. The number of aliphatic hydroxyl groups excluding tert-OH is 3. The van der Waals surface area contributed by atoms with Crippen LogP contribution in [0, 0.1) is 6.92 Å². The summed E-state index contributed by atoms with van der Waals surface area (Å²) >= 11 is 13.1. The second-order valence-electron chi connectivity index (χ2n) is 12.7. The van der Waals surface area contributed by atoms with Gasteiger partial charge in [-0.1, -0.05) is 48.2 Å². The summed E-state index contributed by atoms with van der Waals surface area (Å²) < 4.78 is 21.9. The number of halogens is 2. The van der Waals surface area contributed by atoms with Crippen molar-refractivity contribution in [3.63, 3.8) is 0 Å². The molecule has 5 N–H and O–H groups in total. The van der Waals surface area contributed by atoms with Crippen molar-refractivity contribution in [2.75, 3.05) is 19.0 Å². The summed E-state index contributed by atoms with van der Waals surface area (Å²) in [6.45, 7) is 6.64. The maximum atomic E-state index is 13.2. The van der Waals surface area contributed by atoms with Gasteiger partial charge in [-0.15, -0.1) is 0 Å². The predicted molar refractivity (Wildman–Crippen MR) is 180 cm³/mol.